The van der Waals surface area contributed by atoms with Crippen LogP contribution in [-0.2, 0) is 6.42 Å². The largest absolute Gasteiger partial charge is 0.504 e. The monoisotopic (exact) mass is 292 g/mol. The van der Waals surface area contributed by atoms with E-state index in [9.17, 15) is 20.1 Å². The van der Waals surface area contributed by atoms with Gasteiger partial charge in [0.2, 0.25) is 5.75 Å². The minimum Gasteiger partial charge on any atom is -0.504 e. The lowest BCUT2D eigenvalue weighted by atomic mass is 10.00. The Balaban J connectivity index is 2.50. The summed E-state index contributed by atoms with van der Waals surface area (Å²) >= 11 is 5.86. The van der Waals surface area contributed by atoms with Crippen LogP contribution in [0.2, 0.25) is 5.02 Å². The van der Waals surface area contributed by atoms with E-state index in [1.165, 1.54) is 0 Å². The van der Waals surface area contributed by atoms with Crippen molar-refractivity contribution in [1.82, 2.24) is 0 Å². The summed E-state index contributed by atoms with van der Waals surface area (Å²) in [5.74, 6) is -2.58. The topological polar surface area (TPSA) is 77.8 Å². The Kier molecular flexibility index (Phi) is 3.86. The Bertz CT molecular complexity index is 663. The summed E-state index contributed by atoms with van der Waals surface area (Å²) in [5, 5.41) is 28.5. The summed E-state index contributed by atoms with van der Waals surface area (Å²) in [6.07, 6.45) is 0.848. The van der Waals surface area contributed by atoms with E-state index in [1.807, 2.05) is 6.92 Å². The number of rotatable bonds is 3. The number of aryl methyl sites for hydroxylation is 1. The molecule has 104 valence electrons. The molecule has 0 bridgehead atoms. The van der Waals surface area contributed by atoms with Gasteiger partial charge in [-0.05, 0) is 12.0 Å². The highest BCUT2D eigenvalue weighted by molar-refractivity contribution is 6.35. The average Bonchev–Trinajstić information content (AvgIpc) is 2.45. The maximum atomic E-state index is 12.3. The molecule has 0 atom stereocenters. The van der Waals surface area contributed by atoms with Crippen molar-refractivity contribution >= 4 is 17.4 Å². The number of ketones is 1. The standard InChI is InChI=1S/C15H13ClO4/c1-2-8-3-5-9(6-4-8)13(18)12-10(16)7-11(17)14(19)15(12)20/h3-7,17,19-20H,2H2,1H3. The molecule has 0 aliphatic rings. The van der Waals surface area contributed by atoms with Crippen LogP contribution in [0.4, 0.5) is 0 Å². The molecule has 0 aliphatic heterocycles. The zero-order valence-electron chi connectivity index (χ0n) is 10.7. The van der Waals surface area contributed by atoms with Gasteiger partial charge in [0.1, 0.15) is 0 Å². The second-order valence-corrected chi connectivity index (χ2v) is 4.74. The van der Waals surface area contributed by atoms with Crippen LogP contribution in [0.1, 0.15) is 28.4 Å². The number of hydrogen-bond donors (Lipinski definition) is 3. The van der Waals surface area contributed by atoms with E-state index < -0.39 is 23.0 Å². The van der Waals surface area contributed by atoms with Crippen molar-refractivity contribution < 1.29 is 20.1 Å². The molecule has 0 fully saturated rings. The third-order valence-corrected chi connectivity index (χ3v) is 3.36. The first-order chi connectivity index (χ1) is 9.45. The Hall–Kier alpha value is -2.20. The molecular weight excluding hydrogens is 280 g/mol. The molecule has 4 nitrogen and oxygen atoms in total. The third-order valence-electron chi connectivity index (χ3n) is 3.06. The van der Waals surface area contributed by atoms with Crippen LogP contribution in [0.5, 0.6) is 17.2 Å². The summed E-state index contributed by atoms with van der Waals surface area (Å²) in [4.78, 5) is 12.3. The molecule has 2 aromatic rings. The van der Waals surface area contributed by atoms with E-state index in [-0.39, 0.29) is 10.6 Å². The molecule has 3 N–H and O–H groups in total. The molecule has 0 spiro atoms. The number of hydrogen-bond acceptors (Lipinski definition) is 4. The lowest BCUT2D eigenvalue weighted by Gasteiger charge is -2.09. The van der Waals surface area contributed by atoms with Gasteiger partial charge in [0, 0.05) is 11.6 Å². The minimum absolute atomic E-state index is 0.123. The summed E-state index contributed by atoms with van der Waals surface area (Å²) in [6.45, 7) is 2.00. The first-order valence-electron chi connectivity index (χ1n) is 6.02. The second-order valence-electron chi connectivity index (χ2n) is 4.33. The normalized spacial score (nSPS) is 10.5. The molecule has 0 amide bonds. The number of benzene rings is 2. The molecule has 0 radical (unpaired) electrons. The Morgan fingerprint density at radius 3 is 2.25 bits per heavy atom. The zero-order chi connectivity index (χ0) is 14.9. The van der Waals surface area contributed by atoms with Crippen molar-refractivity contribution in [2.24, 2.45) is 0 Å². The fraction of sp³-hybridized carbons (Fsp3) is 0.133. The molecule has 0 unspecified atom stereocenters. The van der Waals surface area contributed by atoms with Gasteiger partial charge in [0.25, 0.3) is 0 Å². The van der Waals surface area contributed by atoms with Crippen LogP contribution in [0.25, 0.3) is 0 Å². The van der Waals surface area contributed by atoms with Gasteiger partial charge in [-0.3, -0.25) is 4.79 Å². The van der Waals surface area contributed by atoms with E-state index in [0.717, 1.165) is 18.1 Å². The van der Waals surface area contributed by atoms with Crippen molar-refractivity contribution in [1.29, 1.82) is 0 Å². The number of aromatic hydroxyl groups is 3. The number of phenols is 3. The molecule has 0 saturated heterocycles. The van der Waals surface area contributed by atoms with Crippen molar-refractivity contribution in [2.75, 3.05) is 0 Å². The van der Waals surface area contributed by atoms with Crippen LogP contribution in [-0.4, -0.2) is 21.1 Å². The fourth-order valence-corrected chi connectivity index (χ4v) is 2.14. The second kappa shape index (κ2) is 5.43. The SMILES string of the molecule is CCc1ccc(C(=O)c2c(Cl)cc(O)c(O)c2O)cc1. The summed E-state index contributed by atoms with van der Waals surface area (Å²) in [6, 6.07) is 7.88. The van der Waals surface area contributed by atoms with Gasteiger partial charge in [-0.25, -0.2) is 0 Å². The number of carbonyl (C=O) groups excluding carboxylic acids is 1. The number of halogens is 1. The molecule has 2 rings (SSSR count). The van der Waals surface area contributed by atoms with Gasteiger partial charge in [0.05, 0.1) is 10.6 Å². The summed E-state index contributed by atoms with van der Waals surface area (Å²) in [7, 11) is 0. The number of phenolic OH excluding ortho intramolecular Hbond substituents is 3. The first-order valence-corrected chi connectivity index (χ1v) is 6.40. The maximum Gasteiger partial charge on any atom is 0.201 e. The molecule has 0 aliphatic carbocycles. The van der Waals surface area contributed by atoms with Crippen LogP contribution >= 0.6 is 11.6 Å². The smallest absolute Gasteiger partial charge is 0.201 e. The van der Waals surface area contributed by atoms with Gasteiger partial charge in [-0.15, -0.1) is 0 Å². The van der Waals surface area contributed by atoms with Crippen molar-refractivity contribution in [3.05, 3.63) is 52.0 Å². The molecule has 0 aromatic heterocycles. The van der Waals surface area contributed by atoms with Gasteiger partial charge in [-0.1, -0.05) is 42.8 Å². The average molecular weight is 293 g/mol. The summed E-state index contributed by atoms with van der Waals surface area (Å²) in [5.41, 5.74) is 1.18. The van der Waals surface area contributed by atoms with Gasteiger partial charge in [-0.2, -0.15) is 0 Å². The predicted molar refractivity (Wildman–Crippen MR) is 75.7 cm³/mol. The zero-order valence-corrected chi connectivity index (χ0v) is 11.5. The van der Waals surface area contributed by atoms with E-state index >= 15 is 0 Å². The highest BCUT2D eigenvalue weighted by atomic mass is 35.5. The summed E-state index contributed by atoms with van der Waals surface area (Å²) < 4.78 is 0. The van der Waals surface area contributed by atoms with Gasteiger partial charge >= 0.3 is 0 Å². The van der Waals surface area contributed by atoms with Gasteiger partial charge < -0.3 is 15.3 Å². The molecule has 2 aromatic carbocycles. The van der Waals surface area contributed by atoms with Crippen molar-refractivity contribution in [3.63, 3.8) is 0 Å². The van der Waals surface area contributed by atoms with E-state index in [4.69, 9.17) is 11.6 Å². The minimum atomic E-state index is -0.761. The lowest BCUT2D eigenvalue weighted by Crippen LogP contribution is -2.03. The molecular formula is C15H13ClO4. The van der Waals surface area contributed by atoms with E-state index in [1.54, 1.807) is 24.3 Å². The van der Waals surface area contributed by atoms with Crippen LogP contribution < -0.4 is 0 Å². The first kappa shape index (κ1) is 14.2. The van der Waals surface area contributed by atoms with E-state index in [2.05, 4.69) is 0 Å². The molecule has 0 saturated carbocycles. The highest BCUT2D eigenvalue weighted by Crippen LogP contribution is 2.42. The van der Waals surface area contributed by atoms with Crippen LogP contribution in [0.3, 0.4) is 0 Å². The quantitative estimate of drug-likeness (QED) is 0.599. The molecule has 5 heteroatoms. The van der Waals surface area contributed by atoms with E-state index in [0.29, 0.717) is 5.56 Å². The molecule has 20 heavy (non-hydrogen) atoms. The highest BCUT2D eigenvalue weighted by Gasteiger charge is 2.22. The van der Waals surface area contributed by atoms with Gasteiger partial charge in [0.15, 0.2) is 17.3 Å². The Morgan fingerprint density at radius 2 is 1.70 bits per heavy atom. The van der Waals surface area contributed by atoms with Crippen molar-refractivity contribution in [3.8, 4) is 17.2 Å². The Labute approximate surface area is 120 Å². The lowest BCUT2D eigenvalue weighted by molar-refractivity contribution is 0.103. The maximum absolute atomic E-state index is 12.3. The fourth-order valence-electron chi connectivity index (χ4n) is 1.87. The van der Waals surface area contributed by atoms with Crippen molar-refractivity contribution in [2.45, 2.75) is 13.3 Å². The Morgan fingerprint density at radius 1 is 1.10 bits per heavy atom. The number of carbonyl (C=O) groups is 1. The predicted octanol–water partition coefficient (Wildman–Crippen LogP) is 3.25. The van der Waals surface area contributed by atoms with Crippen LogP contribution in [0, 0.1) is 0 Å². The third kappa shape index (κ3) is 2.42. The van der Waals surface area contributed by atoms with Crippen LogP contribution in [0.15, 0.2) is 30.3 Å². The molecule has 0 heterocycles.